The SMILES string of the molecule is O=C(N[C@@H]1CCCc2ccccc21)C1CCN(Cc2ccccc2F)CC1. The molecule has 4 rings (SSSR count). The van der Waals surface area contributed by atoms with Crippen molar-refractivity contribution in [2.24, 2.45) is 5.92 Å². The second kappa shape index (κ2) is 8.22. The molecule has 1 aliphatic carbocycles. The van der Waals surface area contributed by atoms with Crippen LogP contribution in [0.3, 0.4) is 0 Å². The van der Waals surface area contributed by atoms with Crippen LogP contribution < -0.4 is 5.32 Å². The summed E-state index contributed by atoms with van der Waals surface area (Å²) in [6.07, 6.45) is 4.94. The first-order valence-electron chi connectivity index (χ1n) is 10.0. The van der Waals surface area contributed by atoms with Gasteiger partial charge >= 0.3 is 0 Å². The third-order valence-corrected chi connectivity index (χ3v) is 6.00. The Morgan fingerprint density at radius 2 is 1.78 bits per heavy atom. The molecule has 0 unspecified atom stereocenters. The van der Waals surface area contributed by atoms with Crippen molar-refractivity contribution in [3.05, 3.63) is 71.0 Å². The van der Waals surface area contributed by atoms with Gasteiger partial charge in [-0.15, -0.1) is 0 Å². The third-order valence-electron chi connectivity index (χ3n) is 6.00. The van der Waals surface area contributed by atoms with Crippen LogP contribution in [0.1, 0.15) is 48.4 Å². The van der Waals surface area contributed by atoms with Crippen molar-refractivity contribution in [2.75, 3.05) is 13.1 Å². The number of nitrogens with zero attached hydrogens (tertiary/aromatic N) is 1. The van der Waals surface area contributed by atoms with Crippen LogP contribution >= 0.6 is 0 Å². The number of carbonyl (C=O) groups excluding carboxylic acids is 1. The number of likely N-dealkylation sites (tertiary alicyclic amines) is 1. The number of piperidine rings is 1. The fraction of sp³-hybridized carbons (Fsp3) is 0.435. The lowest BCUT2D eigenvalue weighted by Crippen LogP contribution is -2.41. The van der Waals surface area contributed by atoms with Gasteiger partial charge in [0.05, 0.1) is 6.04 Å². The van der Waals surface area contributed by atoms with Crippen molar-refractivity contribution >= 4 is 5.91 Å². The van der Waals surface area contributed by atoms with Crippen LogP contribution in [0.4, 0.5) is 4.39 Å². The average Bonchev–Trinajstić information content (AvgIpc) is 2.70. The number of rotatable bonds is 4. The van der Waals surface area contributed by atoms with Crippen molar-refractivity contribution in [1.29, 1.82) is 0 Å². The monoisotopic (exact) mass is 366 g/mol. The Kier molecular flexibility index (Phi) is 5.53. The summed E-state index contributed by atoms with van der Waals surface area (Å²) in [4.78, 5) is 15.1. The highest BCUT2D eigenvalue weighted by molar-refractivity contribution is 5.79. The van der Waals surface area contributed by atoms with Gasteiger partial charge < -0.3 is 5.32 Å². The van der Waals surface area contributed by atoms with Gasteiger partial charge in [-0.3, -0.25) is 9.69 Å². The molecule has 1 N–H and O–H groups in total. The van der Waals surface area contributed by atoms with Crippen molar-refractivity contribution in [1.82, 2.24) is 10.2 Å². The second-order valence-corrected chi connectivity index (χ2v) is 7.79. The summed E-state index contributed by atoms with van der Waals surface area (Å²) in [5, 5.41) is 3.30. The normalized spacial score (nSPS) is 20.9. The van der Waals surface area contributed by atoms with Gasteiger partial charge in [-0.2, -0.15) is 0 Å². The molecule has 3 nitrogen and oxygen atoms in total. The van der Waals surface area contributed by atoms with Gasteiger partial charge in [0.25, 0.3) is 0 Å². The minimum atomic E-state index is -0.145. The number of carbonyl (C=O) groups is 1. The molecule has 1 aliphatic heterocycles. The maximum atomic E-state index is 13.8. The van der Waals surface area contributed by atoms with Crippen LogP contribution in [-0.4, -0.2) is 23.9 Å². The lowest BCUT2D eigenvalue weighted by Gasteiger charge is -2.33. The average molecular weight is 366 g/mol. The molecule has 0 saturated carbocycles. The summed E-state index contributed by atoms with van der Waals surface area (Å²) in [6, 6.07) is 15.6. The largest absolute Gasteiger partial charge is 0.349 e. The fourth-order valence-corrected chi connectivity index (χ4v) is 4.41. The molecule has 0 bridgehead atoms. The first-order valence-corrected chi connectivity index (χ1v) is 10.0. The summed E-state index contributed by atoms with van der Waals surface area (Å²) in [5.74, 6) is 0.103. The molecular formula is C23H27FN2O. The van der Waals surface area contributed by atoms with Crippen LogP contribution in [0.25, 0.3) is 0 Å². The molecule has 0 spiro atoms. The van der Waals surface area contributed by atoms with Gasteiger partial charge in [-0.25, -0.2) is 4.39 Å². The lowest BCUT2D eigenvalue weighted by atomic mass is 9.87. The van der Waals surface area contributed by atoms with Gasteiger partial charge in [0.1, 0.15) is 5.82 Å². The highest BCUT2D eigenvalue weighted by Crippen LogP contribution is 2.30. The molecule has 2 aliphatic rings. The van der Waals surface area contributed by atoms with Crippen LogP contribution in [0, 0.1) is 11.7 Å². The number of amides is 1. The molecule has 2 aromatic carbocycles. The predicted molar refractivity (Wildman–Crippen MR) is 105 cm³/mol. The van der Waals surface area contributed by atoms with Crippen LogP contribution in [0.2, 0.25) is 0 Å². The second-order valence-electron chi connectivity index (χ2n) is 7.79. The predicted octanol–water partition coefficient (Wildman–Crippen LogP) is 4.23. The Labute approximate surface area is 160 Å². The molecule has 4 heteroatoms. The number of fused-ring (bicyclic) bond motifs is 1. The summed E-state index contributed by atoms with van der Waals surface area (Å²) in [5.41, 5.74) is 3.39. The topological polar surface area (TPSA) is 32.3 Å². The van der Waals surface area contributed by atoms with Crippen molar-refractivity contribution in [2.45, 2.75) is 44.7 Å². The highest BCUT2D eigenvalue weighted by Gasteiger charge is 2.28. The Bertz CT molecular complexity index is 798. The molecule has 27 heavy (non-hydrogen) atoms. The van der Waals surface area contributed by atoms with E-state index in [1.807, 2.05) is 12.1 Å². The van der Waals surface area contributed by atoms with E-state index in [1.165, 1.54) is 17.2 Å². The molecule has 142 valence electrons. The number of hydrogen-bond donors (Lipinski definition) is 1. The van der Waals surface area contributed by atoms with E-state index < -0.39 is 0 Å². The first kappa shape index (κ1) is 18.2. The molecule has 1 saturated heterocycles. The van der Waals surface area contributed by atoms with E-state index in [0.29, 0.717) is 6.54 Å². The maximum absolute atomic E-state index is 13.8. The molecule has 0 radical (unpaired) electrons. The van der Waals surface area contributed by atoms with Crippen LogP contribution in [0.15, 0.2) is 48.5 Å². The van der Waals surface area contributed by atoms with Crippen molar-refractivity contribution in [3.63, 3.8) is 0 Å². The minimum Gasteiger partial charge on any atom is -0.349 e. The zero-order valence-corrected chi connectivity index (χ0v) is 15.7. The number of halogens is 1. The molecular weight excluding hydrogens is 339 g/mol. The standard InChI is InChI=1S/C23H27FN2O/c24-21-10-4-2-7-19(21)16-26-14-12-18(13-15-26)23(27)25-22-11-5-8-17-6-1-3-9-20(17)22/h1-4,6-7,9-10,18,22H,5,8,11-16H2,(H,25,27)/t22-/m1/s1. The number of aryl methyl sites for hydroxylation is 1. The van der Waals surface area contributed by atoms with E-state index in [4.69, 9.17) is 0 Å². The molecule has 0 aromatic heterocycles. The Morgan fingerprint density at radius 3 is 2.59 bits per heavy atom. The lowest BCUT2D eigenvalue weighted by molar-refractivity contribution is -0.127. The fourth-order valence-electron chi connectivity index (χ4n) is 4.41. The first-order chi connectivity index (χ1) is 13.2. The van der Waals surface area contributed by atoms with Crippen molar-refractivity contribution in [3.8, 4) is 0 Å². The number of nitrogens with one attached hydrogen (secondary N) is 1. The summed E-state index contributed by atoms with van der Waals surface area (Å²) in [6.45, 7) is 2.30. The Hall–Kier alpha value is -2.20. The van der Waals surface area contributed by atoms with Crippen LogP contribution in [0.5, 0.6) is 0 Å². The van der Waals surface area contributed by atoms with E-state index in [-0.39, 0.29) is 23.7 Å². The molecule has 1 amide bonds. The third kappa shape index (κ3) is 4.22. The Morgan fingerprint density at radius 1 is 1.04 bits per heavy atom. The van der Waals surface area contributed by atoms with E-state index in [2.05, 4.69) is 34.5 Å². The van der Waals surface area contributed by atoms with E-state index in [9.17, 15) is 9.18 Å². The molecule has 1 atom stereocenters. The molecule has 2 aromatic rings. The zero-order valence-electron chi connectivity index (χ0n) is 15.7. The zero-order chi connectivity index (χ0) is 18.6. The van der Waals surface area contributed by atoms with Crippen LogP contribution in [-0.2, 0) is 17.8 Å². The van der Waals surface area contributed by atoms with E-state index in [1.54, 1.807) is 6.07 Å². The van der Waals surface area contributed by atoms with Gasteiger partial charge in [-0.1, -0.05) is 42.5 Å². The van der Waals surface area contributed by atoms with Gasteiger partial charge in [0.2, 0.25) is 5.91 Å². The van der Waals surface area contributed by atoms with Gasteiger partial charge in [-0.05, 0) is 62.4 Å². The Balaban J connectivity index is 1.31. The smallest absolute Gasteiger partial charge is 0.223 e. The van der Waals surface area contributed by atoms with Gasteiger partial charge in [0.15, 0.2) is 0 Å². The highest BCUT2D eigenvalue weighted by atomic mass is 19.1. The number of benzene rings is 2. The summed E-state index contributed by atoms with van der Waals surface area (Å²) >= 11 is 0. The maximum Gasteiger partial charge on any atom is 0.223 e. The quantitative estimate of drug-likeness (QED) is 0.878. The molecule has 1 fully saturated rings. The van der Waals surface area contributed by atoms with E-state index in [0.717, 1.165) is 50.8 Å². The van der Waals surface area contributed by atoms with E-state index >= 15 is 0 Å². The minimum absolute atomic E-state index is 0.0657. The summed E-state index contributed by atoms with van der Waals surface area (Å²) < 4.78 is 13.8. The van der Waals surface area contributed by atoms with Crippen molar-refractivity contribution < 1.29 is 9.18 Å². The number of hydrogen-bond acceptors (Lipinski definition) is 2. The molecule has 1 heterocycles. The summed E-state index contributed by atoms with van der Waals surface area (Å²) in [7, 11) is 0. The van der Waals surface area contributed by atoms with Gasteiger partial charge in [0, 0.05) is 18.0 Å².